The average molecular weight is 708 g/mol. The number of esters is 2. The number of aliphatic hydroxyl groups is 2. The number of hydrogen-bond donors (Lipinski definition) is 5. The van der Waals surface area contributed by atoms with E-state index in [2.05, 4.69) is 30.1 Å². The Kier molecular flexibility index (Phi) is 12.8. The summed E-state index contributed by atoms with van der Waals surface area (Å²) in [5, 5.41) is 27.4. The number of rotatable bonds is 15. The van der Waals surface area contributed by atoms with Gasteiger partial charge >= 0.3 is 24.8 Å². The van der Waals surface area contributed by atoms with Crippen molar-refractivity contribution in [3.8, 4) is 5.88 Å². The van der Waals surface area contributed by atoms with Crippen LogP contribution < -0.4 is 20.9 Å². The minimum absolute atomic E-state index is 0.0794. The minimum atomic E-state index is -4.19. The van der Waals surface area contributed by atoms with E-state index < -0.39 is 79.7 Å². The molecule has 47 heavy (non-hydrogen) atoms. The van der Waals surface area contributed by atoms with E-state index in [1.165, 1.54) is 31.9 Å². The number of fused-ring (bicyclic) bond motifs is 1. The molecule has 0 spiro atoms. The SMILES string of the molecule is COC(=O)N[C@H](CS[P@@](=O)(N[C@H](C)C(=O)OC(C)C)OC[C@H]1O[C@@H](n2cnc3c(OC)nc(N)nc32)[C@](C)(O)[C@@H]1O)C(=O)OC(C)C. The van der Waals surface area contributed by atoms with Gasteiger partial charge in [0.25, 0.3) is 0 Å². The highest BCUT2D eigenvalue weighted by atomic mass is 32.7. The van der Waals surface area contributed by atoms with E-state index >= 15 is 0 Å². The first-order valence-corrected chi connectivity index (χ1v) is 17.7. The molecule has 2 aromatic rings. The lowest BCUT2D eigenvalue weighted by atomic mass is 9.96. The van der Waals surface area contributed by atoms with E-state index in [0.29, 0.717) is 11.4 Å². The van der Waals surface area contributed by atoms with Crippen LogP contribution in [0.1, 0.15) is 47.8 Å². The summed E-state index contributed by atoms with van der Waals surface area (Å²) in [5.41, 5.74) is 4.22. The van der Waals surface area contributed by atoms with Crippen LogP contribution in [-0.4, -0.2) is 116 Å². The lowest BCUT2D eigenvalue weighted by Gasteiger charge is -2.27. The highest BCUT2D eigenvalue weighted by Crippen LogP contribution is 2.57. The Hall–Kier alpha value is -3.26. The van der Waals surface area contributed by atoms with Gasteiger partial charge in [-0.15, -0.1) is 0 Å². The highest BCUT2D eigenvalue weighted by molar-refractivity contribution is 8.56. The fourth-order valence-electron chi connectivity index (χ4n) is 4.36. The van der Waals surface area contributed by atoms with Gasteiger partial charge in [0.05, 0.1) is 39.4 Å². The number of ether oxygens (including phenoxy) is 5. The van der Waals surface area contributed by atoms with Crippen LogP contribution >= 0.6 is 18.1 Å². The molecule has 0 radical (unpaired) electrons. The maximum absolute atomic E-state index is 14.2. The number of nitrogen functional groups attached to an aromatic ring is 1. The summed E-state index contributed by atoms with van der Waals surface area (Å²) in [4.78, 5) is 49.6. The van der Waals surface area contributed by atoms with Crippen LogP contribution in [0.4, 0.5) is 10.7 Å². The molecule has 0 aliphatic carbocycles. The molecule has 1 amide bonds. The van der Waals surface area contributed by atoms with Gasteiger partial charge in [0.1, 0.15) is 29.9 Å². The number of methoxy groups -OCH3 is 2. The van der Waals surface area contributed by atoms with Gasteiger partial charge in [-0.3, -0.25) is 13.9 Å². The summed E-state index contributed by atoms with van der Waals surface area (Å²) >= 11 is 0.579. The first-order valence-electron chi connectivity index (χ1n) is 14.4. The normalized spacial score (nSPS) is 23.7. The molecule has 1 aliphatic heterocycles. The van der Waals surface area contributed by atoms with E-state index in [1.807, 2.05) is 0 Å². The predicted octanol–water partition coefficient (Wildman–Crippen LogP) is 0.890. The Balaban J connectivity index is 1.86. The standard InChI is InChI=1S/C26H42N7O12PS/c1-12(2)43-21(35)14(5)32-46(39,47-10-15(29-25(37)41-8)22(36)44-13(3)4)42-9-16-18(34)26(6,38)23(45-16)33-11-28-17-19(33)30-24(27)31-20(17)40-7/h11-16,18,23,34,38H,9-10H2,1-8H3,(H,29,37)(H,32,39)(H2,27,30,31)/t14-,15-,16-,18-,23-,26-,46-/m1/s1. The molecule has 1 aliphatic rings. The number of anilines is 1. The zero-order valence-electron chi connectivity index (χ0n) is 27.2. The third-order valence-corrected chi connectivity index (χ3v) is 10.7. The van der Waals surface area contributed by atoms with Gasteiger partial charge in [-0.1, -0.05) is 11.4 Å². The third-order valence-electron chi connectivity index (χ3n) is 6.60. The number of hydrogen-bond acceptors (Lipinski definition) is 17. The Morgan fingerprint density at radius 2 is 1.79 bits per heavy atom. The van der Waals surface area contributed by atoms with Crippen molar-refractivity contribution in [2.45, 2.75) is 89.9 Å². The van der Waals surface area contributed by atoms with Gasteiger partial charge in [0, 0.05) is 5.75 Å². The number of alkyl carbamates (subject to hydrolysis) is 1. The predicted molar refractivity (Wildman–Crippen MR) is 167 cm³/mol. The second-order valence-electron chi connectivity index (χ2n) is 11.2. The lowest BCUT2D eigenvalue weighted by Crippen LogP contribution is -2.45. The highest BCUT2D eigenvalue weighted by Gasteiger charge is 2.54. The topological polar surface area (TPSA) is 258 Å². The van der Waals surface area contributed by atoms with E-state index in [-0.39, 0.29) is 28.7 Å². The molecule has 0 saturated carbocycles. The van der Waals surface area contributed by atoms with Gasteiger partial charge in [-0.05, 0) is 41.5 Å². The third kappa shape index (κ3) is 9.43. The molecule has 3 heterocycles. The number of carbonyl (C=O) groups excluding carboxylic acids is 3. The van der Waals surface area contributed by atoms with E-state index in [4.69, 9.17) is 29.2 Å². The maximum atomic E-state index is 14.2. The number of nitrogens with one attached hydrogen (secondary N) is 2. The minimum Gasteiger partial charge on any atom is -0.479 e. The second kappa shape index (κ2) is 15.8. The van der Waals surface area contributed by atoms with Crippen molar-refractivity contribution < 1.29 is 57.4 Å². The number of amides is 1. The number of nitrogens with two attached hydrogens (primary N) is 1. The first kappa shape index (κ1) is 38.2. The van der Waals surface area contributed by atoms with Crippen LogP contribution in [0, 0.1) is 0 Å². The fraction of sp³-hybridized carbons (Fsp3) is 0.692. The fourth-order valence-corrected chi connectivity index (χ4v) is 8.21. The van der Waals surface area contributed by atoms with E-state index in [0.717, 1.165) is 7.11 Å². The van der Waals surface area contributed by atoms with Crippen LogP contribution in [0.5, 0.6) is 5.88 Å². The van der Waals surface area contributed by atoms with Crippen molar-refractivity contribution in [1.29, 1.82) is 0 Å². The van der Waals surface area contributed by atoms with Gasteiger partial charge in [-0.2, -0.15) is 9.97 Å². The second-order valence-corrected chi connectivity index (χ2v) is 15.5. The van der Waals surface area contributed by atoms with Crippen molar-refractivity contribution in [2.75, 3.05) is 32.3 Å². The van der Waals surface area contributed by atoms with Crippen molar-refractivity contribution in [3.05, 3.63) is 6.33 Å². The Morgan fingerprint density at radius 3 is 2.38 bits per heavy atom. The summed E-state index contributed by atoms with van der Waals surface area (Å²) in [6, 6.07) is -2.49. The van der Waals surface area contributed by atoms with Crippen molar-refractivity contribution in [1.82, 2.24) is 29.9 Å². The maximum Gasteiger partial charge on any atom is 0.407 e. The van der Waals surface area contributed by atoms with Crippen LogP contribution in [-0.2, 0) is 37.6 Å². The number of aliphatic hydroxyl groups excluding tert-OH is 1. The van der Waals surface area contributed by atoms with Crippen molar-refractivity contribution in [3.63, 3.8) is 0 Å². The zero-order valence-corrected chi connectivity index (χ0v) is 28.9. The van der Waals surface area contributed by atoms with Crippen LogP contribution in [0.2, 0.25) is 0 Å². The molecule has 6 N–H and O–H groups in total. The Bertz CT molecular complexity index is 1480. The summed E-state index contributed by atoms with van der Waals surface area (Å²) in [7, 11) is 2.47. The summed E-state index contributed by atoms with van der Waals surface area (Å²) < 4.78 is 47.5. The smallest absolute Gasteiger partial charge is 0.407 e. The molecular formula is C26H42N7O12PS. The zero-order chi connectivity index (χ0) is 35.3. The van der Waals surface area contributed by atoms with Gasteiger partial charge in [0.2, 0.25) is 11.8 Å². The molecule has 7 atom stereocenters. The summed E-state index contributed by atoms with van der Waals surface area (Å²) in [6.07, 6.45) is -4.80. The van der Waals surface area contributed by atoms with E-state index in [1.54, 1.807) is 27.7 Å². The summed E-state index contributed by atoms with van der Waals surface area (Å²) in [5.74, 6) is -1.98. The van der Waals surface area contributed by atoms with Crippen LogP contribution in [0.15, 0.2) is 6.33 Å². The lowest BCUT2D eigenvalue weighted by molar-refractivity contribution is -0.150. The number of carbonyl (C=O) groups is 3. The average Bonchev–Trinajstić information content (AvgIpc) is 3.49. The van der Waals surface area contributed by atoms with Crippen LogP contribution in [0.3, 0.4) is 0 Å². The Labute approximate surface area is 274 Å². The number of nitrogens with zero attached hydrogens (tertiary/aromatic N) is 4. The first-order chi connectivity index (χ1) is 21.9. The van der Waals surface area contributed by atoms with E-state index in [9.17, 15) is 29.2 Å². The monoisotopic (exact) mass is 707 g/mol. The number of aromatic nitrogens is 4. The number of imidazole rings is 1. The van der Waals surface area contributed by atoms with Crippen LogP contribution in [0.25, 0.3) is 11.2 Å². The van der Waals surface area contributed by atoms with Gasteiger partial charge in [0.15, 0.2) is 17.4 Å². The molecular weight excluding hydrogens is 665 g/mol. The molecule has 0 unspecified atom stereocenters. The van der Waals surface area contributed by atoms with Gasteiger partial charge in [-0.25, -0.2) is 19.7 Å². The molecule has 3 rings (SSSR count). The molecule has 2 aromatic heterocycles. The molecule has 19 nitrogen and oxygen atoms in total. The molecule has 0 aromatic carbocycles. The van der Waals surface area contributed by atoms with Gasteiger partial charge < -0.3 is 49.5 Å². The molecule has 21 heteroatoms. The molecule has 1 fully saturated rings. The quantitative estimate of drug-likeness (QED) is 0.0978. The Morgan fingerprint density at radius 1 is 1.15 bits per heavy atom. The molecule has 1 saturated heterocycles. The summed E-state index contributed by atoms with van der Waals surface area (Å²) in [6.45, 7) is 4.44. The largest absolute Gasteiger partial charge is 0.479 e. The van der Waals surface area contributed by atoms with Crippen molar-refractivity contribution in [2.24, 2.45) is 0 Å². The molecule has 264 valence electrons. The van der Waals surface area contributed by atoms with Crippen molar-refractivity contribution >= 4 is 53.2 Å². The molecule has 0 bridgehead atoms.